The molecule has 1 aliphatic heterocycles. The van der Waals surface area contributed by atoms with Crippen LogP contribution in [-0.4, -0.2) is 89.3 Å². The number of amides is 2. The molecule has 17 heteroatoms. The van der Waals surface area contributed by atoms with Crippen molar-refractivity contribution < 1.29 is 57.6 Å². The number of nitro groups is 1. The molecule has 6 atom stereocenters. The van der Waals surface area contributed by atoms with Gasteiger partial charge in [0.05, 0.1) is 36.4 Å². The molecule has 0 bridgehead atoms. The van der Waals surface area contributed by atoms with Crippen molar-refractivity contribution >= 4 is 23.6 Å². The number of nitrogens with zero attached hydrogens (tertiary/aromatic N) is 3. The number of benzene rings is 4. The van der Waals surface area contributed by atoms with E-state index in [1.54, 1.807) is 47.4 Å². The molecule has 1 saturated carbocycles. The maximum absolute atomic E-state index is 15.1. The fourth-order valence-corrected chi connectivity index (χ4v) is 11.7. The molecule has 7 rings (SSSR count). The number of fused-ring (bicyclic) bond motifs is 2. The molecule has 0 radical (unpaired) electrons. The van der Waals surface area contributed by atoms with Crippen molar-refractivity contribution in [2.75, 3.05) is 39.6 Å². The Labute approximate surface area is 476 Å². The predicted molar refractivity (Wildman–Crippen MR) is 308 cm³/mol. The minimum absolute atomic E-state index is 0.00186. The first-order valence-electron chi connectivity index (χ1n) is 29.3. The summed E-state index contributed by atoms with van der Waals surface area (Å²) in [6.45, 7) is 6.94. The number of carbonyl (C=O) groups excluding carboxylic acids is 2. The summed E-state index contributed by atoms with van der Waals surface area (Å²) >= 11 is 0. The van der Waals surface area contributed by atoms with Gasteiger partial charge in [-0.05, 0) is 109 Å². The molecule has 1 fully saturated rings. The molecule has 0 spiro atoms. The van der Waals surface area contributed by atoms with E-state index < -0.39 is 46.6 Å². The number of hydrogen-bond donors (Lipinski definition) is 3. The van der Waals surface area contributed by atoms with Gasteiger partial charge in [-0.2, -0.15) is 0 Å². The molecule has 438 valence electrons. The van der Waals surface area contributed by atoms with E-state index >= 15 is 4.79 Å². The lowest BCUT2D eigenvalue weighted by molar-refractivity contribution is -0.384. The molecular weight excluding hydrogens is 1040 g/mol. The molecule has 3 N–H and O–H groups in total. The number of carbonyl (C=O) groups is 2. The van der Waals surface area contributed by atoms with Crippen LogP contribution in [0.1, 0.15) is 144 Å². The molecule has 4 aromatic carbocycles. The number of ether oxygens (including phenoxy) is 5. The zero-order chi connectivity index (χ0) is 57.2. The third-order valence-electron chi connectivity index (χ3n) is 15.6. The van der Waals surface area contributed by atoms with Crippen LogP contribution < -0.4 is 14.8 Å². The topological polar surface area (TPSA) is 201 Å². The van der Waals surface area contributed by atoms with E-state index in [1.807, 2.05) is 36.4 Å². The number of rotatable bonds is 35. The number of nitrogens with one attached hydrogen (secondary N) is 1. The number of oxime groups is 1. The largest absolute Gasteiger partial charge is 0.459 e. The fraction of sp³-hybridized carbons (Fsp3) is 0.516. The van der Waals surface area contributed by atoms with E-state index in [4.69, 9.17) is 33.7 Å². The second kappa shape index (κ2) is 32.7. The molecule has 2 aliphatic carbocycles. The predicted octanol–water partition coefficient (Wildman–Crippen LogP) is 13.4. The van der Waals surface area contributed by atoms with Crippen LogP contribution in [0, 0.1) is 33.7 Å². The average Bonchev–Trinajstić information content (AvgIpc) is 1.34. The van der Waals surface area contributed by atoms with Crippen molar-refractivity contribution in [3.63, 3.8) is 0 Å². The molecule has 0 aromatic heterocycles. The number of allylic oxidation sites excluding steroid dienone is 1. The smallest absolute Gasteiger partial charge is 0.412 e. The van der Waals surface area contributed by atoms with Gasteiger partial charge in [0.2, 0.25) is 5.79 Å². The van der Waals surface area contributed by atoms with Gasteiger partial charge in [-0.25, -0.2) is 14.0 Å². The highest BCUT2D eigenvalue weighted by Crippen LogP contribution is 2.62. The van der Waals surface area contributed by atoms with E-state index in [0.717, 1.165) is 36.0 Å². The zero-order valence-corrected chi connectivity index (χ0v) is 47.1. The summed E-state index contributed by atoms with van der Waals surface area (Å²) in [5.74, 6) is -2.79. The van der Waals surface area contributed by atoms with Gasteiger partial charge in [-0.3, -0.25) is 15.0 Å². The van der Waals surface area contributed by atoms with Crippen molar-refractivity contribution in [1.29, 1.82) is 0 Å². The molecule has 0 unspecified atom stereocenters. The Morgan fingerprint density at radius 3 is 2.21 bits per heavy atom. The summed E-state index contributed by atoms with van der Waals surface area (Å²) in [7, 11) is 0. The SMILES string of the molecule is C=CCO[C@@]12Oc3ccc(OC(=O)NCCCCCCCCCCCC)cc3[C@H]3[C@H](CCCCO)[C@@H](CCCCO)C=C(C(=NOCc4ccc([N+](=O)[O-])cc4)C[C@@H]1N(Cc1ccc(F)cc1)C(=O)OCCOCc1ccccc1)[C@H]32. The number of halogens is 1. The monoisotopic (exact) mass is 1120 g/mol. The second-order valence-electron chi connectivity index (χ2n) is 21.4. The first-order valence-corrected chi connectivity index (χ1v) is 29.3. The molecule has 1 heterocycles. The third kappa shape index (κ3) is 17.7. The van der Waals surface area contributed by atoms with Crippen molar-refractivity contribution in [2.24, 2.45) is 22.9 Å². The minimum Gasteiger partial charge on any atom is -0.459 e. The van der Waals surface area contributed by atoms with Crippen LogP contribution in [0.3, 0.4) is 0 Å². The van der Waals surface area contributed by atoms with Crippen molar-refractivity contribution in [1.82, 2.24) is 10.2 Å². The Balaban J connectivity index is 1.29. The van der Waals surface area contributed by atoms with Crippen molar-refractivity contribution in [3.05, 3.63) is 160 Å². The van der Waals surface area contributed by atoms with Crippen LogP contribution >= 0.6 is 0 Å². The van der Waals surface area contributed by atoms with Crippen LogP contribution in [-0.2, 0) is 38.8 Å². The summed E-state index contributed by atoms with van der Waals surface area (Å²) in [5, 5.41) is 39.5. The average molecular weight is 1120 g/mol. The lowest BCUT2D eigenvalue weighted by Crippen LogP contribution is -2.70. The third-order valence-corrected chi connectivity index (χ3v) is 15.6. The first kappa shape index (κ1) is 61.9. The van der Waals surface area contributed by atoms with E-state index in [2.05, 4.69) is 24.9 Å². The number of hydrogen-bond acceptors (Lipinski definition) is 13. The van der Waals surface area contributed by atoms with E-state index in [1.165, 1.54) is 69.2 Å². The van der Waals surface area contributed by atoms with Crippen molar-refractivity contribution in [2.45, 2.75) is 154 Å². The molecule has 4 aromatic rings. The quantitative estimate of drug-likeness (QED) is 0.0171. The van der Waals surface area contributed by atoms with Gasteiger partial charge in [0.15, 0.2) is 0 Å². The molecule has 81 heavy (non-hydrogen) atoms. The minimum atomic E-state index is -1.68. The van der Waals surface area contributed by atoms with Crippen LogP contribution in [0.4, 0.5) is 19.7 Å². The number of unbranched alkanes of at least 4 members (excludes halogenated alkanes) is 11. The Hall–Kier alpha value is -6.66. The first-order chi connectivity index (χ1) is 39.6. The van der Waals surface area contributed by atoms with Gasteiger partial charge < -0.3 is 44.1 Å². The lowest BCUT2D eigenvalue weighted by Gasteiger charge is -2.59. The van der Waals surface area contributed by atoms with Crippen LogP contribution in [0.15, 0.2) is 127 Å². The summed E-state index contributed by atoms with van der Waals surface area (Å²) in [6.07, 6.45) is 18.2. The van der Waals surface area contributed by atoms with Crippen molar-refractivity contribution in [3.8, 4) is 11.5 Å². The second-order valence-corrected chi connectivity index (χ2v) is 21.4. The van der Waals surface area contributed by atoms with Crippen LogP contribution in [0.2, 0.25) is 0 Å². The highest BCUT2D eigenvalue weighted by Gasteiger charge is 2.66. The molecular formula is C64H83FN4O12. The standard InChI is InChI=1S/C64H83FN4O12/c1-3-5-6-7-8-9-10-11-12-18-35-66-62(72)80-53-33-34-58-56(42-53)60-54(24-17-20-37-71)50(23-16-19-36-70)41-55-57(67-79-46-49-27-31-52(32-28-49)69(74)75)43-59(64(81-58,61(55)60)78-38-4-2)68(44-47-25-29-51(65)30-26-47)63(73)77-40-39-76-45-48-21-14-13-15-22-48/h4,13-15,21-22,25-34,41-42,50,54,59-61,70-71H,2-3,5-12,16-20,23-24,35-40,43-46H2,1H3,(H,66,72)/t50-,54+,59-,60+,61+,64+/m0/s1. The molecule has 0 saturated heterocycles. The highest BCUT2D eigenvalue weighted by atomic mass is 19.1. The zero-order valence-electron chi connectivity index (χ0n) is 47.1. The van der Waals surface area contributed by atoms with E-state index in [9.17, 15) is 29.5 Å². The van der Waals surface area contributed by atoms with Gasteiger partial charge >= 0.3 is 12.2 Å². The van der Waals surface area contributed by atoms with E-state index in [-0.39, 0.29) is 70.1 Å². The highest BCUT2D eigenvalue weighted by molar-refractivity contribution is 6.03. The summed E-state index contributed by atoms with van der Waals surface area (Å²) in [4.78, 5) is 47.4. The number of aliphatic hydroxyl groups excluding tert-OH is 2. The van der Waals surface area contributed by atoms with Crippen LogP contribution in [0.25, 0.3) is 0 Å². The Bertz CT molecular complexity index is 2650. The van der Waals surface area contributed by atoms with Gasteiger partial charge in [-0.1, -0.05) is 137 Å². The normalized spacial score (nSPS) is 20.3. The number of non-ortho nitro benzene ring substituents is 1. The summed E-state index contributed by atoms with van der Waals surface area (Å²) < 4.78 is 47.2. The summed E-state index contributed by atoms with van der Waals surface area (Å²) in [5.41, 5.74) is 4.12. The number of aliphatic hydroxyl groups is 2. The molecule has 3 aliphatic rings. The molecule has 2 amide bonds. The van der Waals surface area contributed by atoms with Crippen LogP contribution in [0.5, 0.6) is 11.5 Å². The number of nitro benzene ring substituents is 1. The van der Waals surface area contributed by atoms with Gasteiger partial charge in [0.25, 0.3) is 5.69 Å². The summed E-state index contributed by atoms with van der Waals surface area (Å²) in [6, 6.07) is 25.8. The van der Waals surface area contributed by atoms with Gasteiger partial charge in [0.1, 0.15) is 36.6 Å². The Morgan fingerprint density at radius 2 is 1.52 bits per heavy atom. The Morgan fingerprint density at radius 1 is 0.840 bits per heavy atom. The van der Waals surface area contributed by atoms with E-state index in [0.29, 0.717) is 80.0 Å². The van der Waals surface area contributed by atoms with Gasteiger partial charge in [0, 0.05) is 56.3 Å². The van der Waals surface area contributed by atoms with Gasteiger partial charge in [-0.15, -0.1) is 6.58 Å². The fourth-order valence-electron chi connectivity index (χ4n) is 11.7. The Kier molecular flexibility index (Phi) is 25.0. The maximum atomic E-state index is 15.1. The maximum Gasteiger partial charge on any atom is 0.412 e. The lowest BCUT2D eigenvalue weighted by atomic mass is 9.55. The molecule has 16 nitrogen and oxygen atoms in total.